The minimum Gasteiger partial charge on any atom is -0.384 e. The average Bonchev–Trinajstić information content (AvgIpc) is 2.20. The monoisotopic (exact) mass is 213 g/mol. The SMILES string of the molecule is COCC(C)CNC1CCC(C)C(C)C1. The lowest BCUT2D eigenvalue weighted by Crippen LogP contribution is -2.38. The van der Waals surface area contributed by atoms with Gasteiger partial charge in [0.05, 0.1) is 0 Å². The highest BCUT2D eigenvalue weighted by Gasteiger charge is 2.24. The first-order valence-corrected chi connectivity index (χ1v) is 6.35. The summed E-state index contributed by atoms with van der Waals surface area (Å²) in [4.78, 5) is 0. The summed E-state index contributed by atoms with van der Waals surface area (Å²) >= 11 is 0. The van der Waals surface area contributed by atoms with Gasteiger partial charge >= 0.3 is 0 Å². The highest BCUT2D eigenvalue weighted by atomic mass is 16.5. The van der Waals surface area contributed by atoms with Gasteiger partial charge in [0.25, 0.3) is 0 Å². The topological polar surface area (TPSA) is 21.3 Å². The molecule has 0 radical (unpaired) electrons. The summed E-state index contributed by atoms with van der Waals surface area (Å²) in [5.41, 5.74) is 0. The Morgan fingerprint density at radius 3 is 2.60 bits per heavy atom. The van der Waals surface area contributed by atoms with Crippen LogP contribution < -0.4 is 5.32 Å². The minimum absolute atomic E-state index is 0.629. The third-order valence-corrected chi connectivity index (χ3v) is 3.80. The standard InChI is InChI=1S/C13H27NO/c1-10(9-15-4)8-14-13-6-5-11(2)12(3)7-13/h10-14H,5-9H2,1-4H3. The Bertz CT molecular complexity index is 172. The van der Waals surface area contributed by atoms with E-state index in [2.05, 4.69) is 26.1 Å². The number of rotatable bonds is 5. The second kappa shape index (κ2) is 6.49. The van der Waals surface area contributed by atoms with Crippen LogP contribution in [-0.4, -0.2) is 26.3 Å². The molecule has 4 atom stereocenters. The minimum atomic E-state index is 0.629. The number of nitrogens with one attached hydrogen (secondary N) is 1. The third kappa shape index (κ3) is 4.52. The molecule has 1 aliphatic carbocycles. The maximum atomic E-state index is 5.14. The quantitative estimate of drug-likeness (QED) is 0.758. The van der Waals surface area contributed by atoms with Crippen molar-refractivity contribution in [2.45, 2.75) is 46.1 Å². The second-order valence-electron chi connectivity index (χ2n) is 5.43. The fourth-order valence-corrected chi connectivity index (χ4v) is 2.44. The molecule has 0 aromatic carbocycles. The van der Waals surface area contributed by atoms with Gasteiger partial charge < -0.3 is 10.1 Å². The number of methoxy groups -OCH3 is 1. The van der Waals surface area contributed by atoms with Crippen LogP contribution in [-0.2, 0) is 4.74 Å². The molecule has 1 fully saturated rings. The summed E-state index contributed by atoms with van der Waals surface area (Å²) < 4.78 is 5.14. The molecule has 2 heteroatoms. The van der Waals surface area contributed by atoms with Crippen molar-refractivity contribution < 1.29 is 4.74 Å². The van der Waals surface area contributed by atoms with Crippen LogP contribution in [0.4, 0.5) is 0 Å². The molecule has 0 aromatic rings. The van der Waals surface area contributed by atoms with E-state index >= 15 is 0 Å². The van der Waals surface area contributed by atoms with E-state index in [1.165, 1.54) is 19.3 Å². The highest BCUT2D eigenvalue weighted by Crippen LogP contribution is 2.29. The van der Waals surface area contributed by atoms with Crippen molar-refractivity contribution in [2.24, 2.45) is 17.8 Å². The van der Waals surface area contributed by atoms with Crippen LogP contribution in [0.1, 0.15) is 40.0 Å². The summed E-state index contributed by atoms with van der Waals surface area (Å²) in [5, 5.41) is 3.68. The van der Waals surface area contributed by atoms with Crippen molar-refractivity contribution in [1.29, 1.82) is 0 Å². The van der Waals surface area contributed by atoms with E-state index in [0.717, 1.165) is 31.0 Å². The Labute approximate surface area is 94.8 Å². The molecule has 15 heavy (non-hydrogen) atoms. The molecule has 1 aliphatic rings. The van der Waals surface area contributed by atoms with E-state index in [0.29, 0.717) is 5.92 Å². The molecule has 0 bridgehead atoms. The average molecular weight is 213 g/mol. The lowest BCUT2D eigenvalue weighted by molar-refractivity contribution is 0.151. The lowest BCUT2D eigenvalue weighted by Gasteiger charge is -2.33. The van der Waals surface area contributed by atoms with Crippen molar-refractivity contribution >= 4 is 0 Å². The molecule has 0 aliphatic heterocycles. The molecule has 1 rings (SSSR count). The van der Waals surface area contributed by atoms with E-state index in [-0.39, 0.29) is 0 Å². The van der Waals surface area contributed by atoms with Crippen LogP contribution in [0.25, 0.3) is 0 Å². The summed E-state index contributed by atoms with van der Waals surface area (Å²) in [5.74, 6) is 2.43. The third-order valence-electron chi connectivity index (χ3n) is 3.80. The van der Waals surface area contributed by atoms with Gasteiger partial charge in [0.15, 0.2) is 0 Å². The molecule has 0 saturated heterocycles. The molecule has 0 amide bonds. The highest BCUT2D eigenvalue weighted by molar-refractivity contribution is 4.80. The number of hydrogen-bond acceptors (Lipinski definition) is 2. The molecule has 2 nitrogen and oxygen atoms in total. The van der Waals surface area contributed by atoms with E-state index in [1.54, 1.807) is 7.11 Å². The molecule has 4 unspecified atom stereocenters. The van der Waals surface area contributed by atoms with Gasteiger partial charge in [0.2, 0.25) is 0 Å². The Hall–Kier alpha value is -0.0800. The molecule has 1 saturated carbocycles. The Morgan fingerprint density at radius 1 is 1.27 bits per heavy atom. The van der Waals surface area contributed by atoms with Gasteiger partial charge in [0.1, 0.15) is 0 Å². The van der Waals surface area contributed by atoms with Gasteiger partial charge in [-0.05, 0) is 37.0 Å². The van der Waals surface area contributed by atoms with E-state index in [4.69, 9.17) is 4.74 Å². The fraction of sp³-hybridized carbons (Fsp3) is 1.00. The van der Waals surface area contributed by atoms with E-state index < -0.39 is 0 Å². The largest absolute Gasteiger partial charge is 0.384 e. The molecule has 90 valence electrons. The zero-order valence-corrected chi connectivity index (χ0v) is 10.8. The normalized spacial score (nSPS) is 34.0. The van der Waals surface area contributed by atoms with Crippen molar-refractivity contribution in [3.05, 3.63) is 0 Å². The number of hydrogen-bond donors (Lipinski definition) is 1. The van der Waals surface area contributed by atoms with Crippen LogP contribution in [0.5, 0.6) is 0 Å². The maximum absolute atomic E-state index is 5.14. The second-order valence-corrected chi connectivity index (χ2v) is 5.43. The first kappa shape index (κ1) is 13.0. The van der Waals surface area contributed by atoms with Crippen LogP contribution in [0.3, 0.4) is 0 Å². The summed E-state index contributed by atoms with van der Waals surface area (Å²) in [7, 11) is 1.78. The fourth-order valence-electron chi connectivity index (χ4n) is 2.44. The Kier molecular flexibility index (Phi) is 5.62. The molecular formula is C13H27NO. The van der Waals surface area contributed by atoms with Crippen LogP contribution in [0.2, 0.25) is 0 Å². The van der Waals surface area contributed by atoms with E-state index in [9.17, 15) is 0 Å². The summed E-state index contributed by atoms with van der Waals surface area (Å²) in [6, 6.07) is 0.746. The number of ether oxygens (including phenoxy) is 1. The van der Waals surface area contributed by atoms with Crippen LogP contribution in [0, 0.1) is 17.8 Å². The van der Waals surface area contributed by atoms with Crippen molar-refractivity contribution in [1.82, 2.24) is 5.32 Å². The van der Waals surface area contributed by atoms with Gasteiger partial charge in [-0.2, -0.15) is 0 Å². The van der Waals surface area contributed by atoms with E-state index in [1.807, 2.05) is 0 Å². The predicted molar refractivity (Wildman–Crippen MR) is 65.0 cm³/mol. The molecule has 0 heterocycles. The predicted octanol–water partition coefficient (Wildman–Crippen LogP) is 2.68. The first-order chi connectivity index (χ1) is 7.13. The molecule has 0 aromatic heterocycles. The van der Waals surface area contributed by atoms with Crippen LogP contribution in [0.15, 0.2) is 0 Å². The van der Waals surface area contributed by atoms with Gasteiger partial charge in [-0.25, -0.2) is 0 Å². The zero-order chi connectivity index (χ0) is 11.3. The molecule has 1 N–H and O–H groups in total. The summed E-state index contributed by atoms with van der Waals surface area (Å²) in [6.45, 7) is 8.97. The Balaban J connectivity index is 2.16. The summed E-state index contributed by atoms with van der Waals surface area (Å²) in [6.07, 6.45) is 4.09. The maximum Gasteiger partial charge on any atom is 0.0499 e. The van der Waals surface area contributed by atoms with Gasteiger partial charge in [0, 0.05) is 26.3 Å². The molecular weight excluding hydrogens is 186 g/mol. The zero-order valence-electron chi connectivity index (χ0n) is 10.8. The lowest BCUT2D eigenvalue weighted by atomic mass is 9.79. The van der Waals surface area contributed by atoms with Gasteiger partial charge in [-0.3, -0.25) is 0 Å². The van der Waals surface area contributed by atoms with Crippen LogP contribution >= 0.6 is 0 Å². The first-order valence-electron chi connectivity index (χ1n) is 6.35. The Morgan fingerprint density at radius 2 is 2.00 bits per heavy atom. The molecule has 0 spiro atoms. The van der Waals surface area contributed by atoms with Crippen molar-refractivity contribution in [3.63, 3.8) is 0 Å². The van der Waals surface area contributed by atoms with Gasteiger partial charge in [-0.15, -0.1) is 0 Å². The van der Waals surface area contributed by atoms with Crippen molar-refractivity contribution in [2.75, 3.05) is 20.3 Å². The smallest absolute Gasteiger partial charge is 0.0499 e. The van der Waals surface area contributed by atoms with Gasteiger partial charge in [-0.1, -0.05) is 20.8 Å². The van der Waals surface area contributed by atoms with Crippen molar-refractivity contribution in [3.8, 4) is 0 Å².